The summed E-state index contributed by atoms with van der Waals surface area (Å²) < 4.78 is 45.5. The molecular weight excluding hydrogens is 293 g/mol. The predicted octanol–water partition coefficient (Wildman–Crippen LogP) is 2.11. The van der Waals surface area contributed by atoms with E-state index in [2.05, 4.69) is 4.72 Å². The first kappa shape index (κ1) is 14.0. The summed E-state index contributed by atoms with van der Waals surface area (Å²) in [5, 5.41) is 0. The van der Waals surface area contributed by atoms with Crippen molar-refractivity contribution in [3.05, 3.63) is 59.9 Å². The maximum atomic E-state index is 12.9. The van der Waals surface area contributed by atoms with Gasteiger partial charge in [0.2, 0.25) is 10.0 Å². The number of sulfonamides is 1. The average Bonchev–Trinajstić information content (AvgIpc) is 2.47. The third-order valence-corrected chi connectivity index (χ3v) is 4.86. The molecule has 3 rings (SSSR count). The van der Waals surface area contributed by atoms with Crippen LogP contribution in [0.1, 0.15) is 5.56 Å². The van der Waals surface area contributed by atoms with Crippen LogP contribution >= 0.6 is 0 Å². The normalized spacial score (nSPS) is 17.9. The van der Waals surface area contributed by atoms with E-state index in [0.717, 1.165) is 23.4 Å². The van der Waals surface area contributed by atoms with Gasteiger partial charge in [-0.05, 0) is 42.3 Å². The van der Waals surface area contributed by atoms with Crippen molar-refractivity contribution in [1.82, 2.24) is 4.72 Å². The van der Waals surface area contributed by atoms with E-state index >= 15 is 0 Å². The Morgan fingerprint density at radius 3 is 2.57 bits per heavy atom. The lowest BCUT2D eigenvalue weighted by atomic mass is 10.0. The van der Waals surface area contributed by atoms with Gasteiger partial charge in [-0.1, -0.05) is 18.2 Å². The lowest BCUT2D eigenvalue weighted by Crippen LogP contribution is -2.42. The van der Waals surface area contributed by atoms with Gasteiger partial charge >= 0.3 is 0 Å². The molecular formula is C15H14FNO3S. The fourth-order valence-corrected chi connectivity index (χ4v) is 3.53. The fraction of sp³-hybridized carbons (Fsp3) is 0.200. The Hall–Kier alpha value is -1.92. The molecule has 0 aromatic heterocycles. The van der Waals surface area contributed by atoms with Crippen molar-refractivity contribution in [1.29, 1.82) is 0 Å². The molecule has 2 aromatic carbocycles. The van der Waals surface area contributed by atoms with E-state index in [9.17, 15) is 12.8 Å². The zero-order valence-electron chi connectivity index (χ0n) is 11.1. The number of para-hydroxylation sites is 1. The van der Waals surface area contributed by atoms with E-state index in [1.54, 1.807) is 0 Å². The summed E-state index contributed by atoms with van der Waals surface area (Å²) in [6.45, 7) is 0.275. The molecule has 0 aliphatic carbocycles. The number of hydrogen-bond acceptors (Lipinski definition) is 3. The highest BCUT2D eigenvalue weighted by Gasteiger charge is 2.25. The van der Waals surface area contributed by atoms with Crippen LogP contribution in [0.4, 0.5) is 4.39 Å². The van der Waals surface area contributed by atoms with Crippen LogP contribution < -0.4 is 9.46 Å². The molecule has 21 heavy (non-hydrogen) atoms. The lowest BCUT2D eigenvalue weighted by Gasteiger charge is -2.25. The van der Waals surface area contributed by atoms with Crippen LogP contribution in [-0.2, 0) is 16.4 Å². The second-order valence-corrected chi connectivity index (χ2v) is 6.61. The largest absolute Gasteiger partial charge is 0.492 e. The summed E-state index contributed by atoms with van der Waals surface area (Å²) in [7, 11) is -3.68. The molecule has 1 heterocycles. The zero-order chi connectivity index (χ0) is 14.9. The van der Waals surface area contributed by atoms with Gasteiger partial charge in [0.15, 0.2) is 0 Å². The molecule has 6 heteroatoms. The summed E-state index contributed by atoms with van der Waals surface area (Å²) in [4.78, 5) is 0.0442. The van der Waals surface area contributed by atoms with Crippen LogP contribution in [0, 0.1) is 5.82 Å². The van der Waals surface area contributed by atoms with Gasteiger partial charge in [-0.15, -0.1) is 0 Å². The number of halogens is 1. The highest BCUT2D eigenvalue weighted by molar-refractivity contribution is 7.89. The summed E-state index contributed by atoms with van der Waals surface area (Å²) in [6.07, 6.45) is 0.566. The lowest BCUT2D eigenvalue weighted by molar-refractivity contribution is 0.254. The van der Waals surface area contributed by atoms with E-state index in [0.29, 0.717) is 6.42 Å². The van der Waals surface area contributed by atoms with E-state index < -0.39 is 15.8 Å². The van der Waals surface area contributed by atoms with Crippen LogP contribution in [0.15, 0.2) is 53.4 Å². The van der Waals surface area contributed by atoms with Crippen molar-refractivity contribution >= 4 is 10.0 Å². The summed E-state index contributed by atoms with van der Waals surface area (Å²) in [5.41, 5.74) is 0.968. The first-order valence-electron chi connectivity index (χ1n) is 6.53. The molecule has 4 nitrogen and oxygen atoms in total. The Labute approximate surface area is 122 Å². The molecule has 0 fully saturated rings. The number of benzene rings is 2. The molecule has 1 atom stereocenters. The average molecular weight is 307 g/mol. The molecule has 0 saturated carbocycles. The molecule has 0 amide bonds. The van der Waals surface area contributed by atoms with E-state index in [1.165, 1.54) is 12.1 Å². The minimum Gasteiger partial charge on any atom is -0.492 e. The Balaban J connectivity index is 1.77. The standard InChI is InChI=1S/C15H14FNO3S/c16-12-5-7-14(8-6-12)21(18,19)17-13-9-11-3-1-2-4-15(11)20-10-13/h1-8,13,17H,9-10H2/t13-/m1/s1. The number of hydrogen-bond donors (Lipinski definition) is 1. The zero-order valence-corrected chi connectivity index (χ0v) is 11.9. The highest BCUT2D eigenvalue weighted by atomic mass is 32.2. The summed E-state index contributed by atoms with van der Waals surface area (Å²) in [5.74, 6) is 0.318. The highest BCUT2D eigenvalue weighted by Crippen LogP contribution is 2.24. The van der Waals surface area contributed by atoms with Gasteiger partial charge in [0.1, 0.15) is 18.2 Å². The molecule has 0 radical (unpaired) electrons. The third kappa shape index (κ3) is 3.06. The van der Waals surface area contributed by atoms with E-state index in [4.69, 9.17) is 4.74 Å². The molecule has 0 saturated heterocycles. The molecule has 1 aliphatic rings. The van der Waals surface area contributed by atoms with Crippen LogP contribution in [0.25, 0.3) is 0 Å². The second kappa shape index (κ2) is 5.46. The van der Waals surface area contributed by atoms with Gasteiger partial charge in [-0.3, -0.25) is 0 Å². The maximum absolute atomic E-state index is 12.9. The molecule has 2 aromatic rings. The molecule has 0 spiro atoms. The van der Waals surface area contributed by atoms with Gasteiger partial charge in [0.25, 0.3) is 0 Å². The van der Waals surface area contributed by atoms with Crippen molar-refractivity contribution in [2.45, 2.75) is 17.4 Å². The van der Waals surface area contributed by atoms with Crippen LogP contribution in [-0.4, -0.2) is 21.1 Å². The minimum atomic E-state index is -3.68. The SMILES string of the molecule is O=S(=O)(N[C@H]1COc2ccccc2C1)c1ccc(F)cc1. The molecule has 1 N–H and O–H groups in total. The summed E-state index contributed by atoms with van der Waals surface area (Å²) in [6, 6.07) is 11.9. The summed E-state index contributed by atoms with van der Waals surface area (Å²) >= 11 is 0. The van der Waals surface area contributed by atoms with Crippen LogP contribution in [0.2, 0.25) is 0 Å². The Kier molecular flexibility index (Phi) is 3.65. The van der Waals surface area contributed by atoms with Gasteiger partial charge in [-0.25, -0.2) is 17.5 Å². The van der Waals surface area contributed by atoms with Crippen LogP contribution in [0.3, 0.4) is 0 Å². The van der Waals surface area contributed by atoms with Gasteiger partial charge in [0.05, 0.1) is 10.9 Å². The Bertz CT molecular complexity index is 744. The first-order valence-corrected chi connectivity index (χ1v) is 8.01. The number of fused-ring (bicyclic) bond motifs is 1. The van der Waals surface area contributed by atoms with Gasteiger partial charge in [-0.2, -0.15) is 0 Å². The van der Waals surface area contributed by atoms with E-state index in [1.807, 2.05) is 24.3 Å². The third-order valence-electron chi connectivity index (χ3n) is 3.32. The van der Waals surface area contributed by atoms with E-state index in [-0.39, 0.29) is 17.5 Å². The van der Waals surface area contributed by atoms with Crippen molar-refractivity contribution in [3.63, 3.8) is 0 Å². The topological polar surface area (TPSA) is 55.4 Å². The molecule has 1 aliphatic heterocycles. The fourth-order valence-electron chi connectivity index (χ4n) is 2.30. The van der Waals surface area contributed by atoms with Crippen LogP contribution in [0.5, 0.6) is 5.75 Å². The minimum absolute atomic E-state index is 0.0442. The van der Waals surface area contributed by atoms with Crippen molar-refractivity contribution < 1.29 is 17.5 Å². The molecule has 0 unspecified atom stereocenters. The quantitative estimate of drug-likeness (QED) is 0.945. The number of nitrogens with one attached hydrogen (secondary N) is 1. The number of rotatable bonds is 3. The monoisotopic (exact) mass is 307 g/mol. The molecule has 0 bridgehead atoms. The Morgan fingerprint density at radius 1 is 1.10 bits per heavy atom. The predicted molar refractivity (Wildman–Crippen MR) is 76.2 cm³/mol. The number of ether oxygens (including phenoxy) is 1. The maximum Gasteiger partial charge on any atom is 0.240 e. The van der Waals surface area contributed by atoms with Crippen molar-refractivity contribution in [3.8, 4) is 5.75 Å². The van der Waals surface area contributed by atoms with Gasteiger partial charge < -0.3 is 4.74 Å². The second-order valence-electron chi connectivity index (χ2n) is 4.89. The first-order chi connectivity index (χ1) is 10.0. The Morgan fingerprint density at radius 2 is 1.81 bits per heavy atom. The van der Waals surface area contributed by atoms with Gasteiger partial charge in [0, 0.05) is 0 Å². The smallest absolute Gasteiger partial charge is 0.240 e. The molecule has 110 valence electrons. The van der Waals surface area contributed by atoms with Crippen molar-refractivity contribution in [2.24, 2.45) is 0 Å². The van der Waals surface area contributed by atoms with Crippen molar-refractivity contribution in [2.75, 3.05) is 6.61 Å².